The molecule has 0 aliphatic carbocycles. The Morgan fingerprint density at radius 2 is 2.26 bits per heavy atom. The molecule has 0 bridgehead atoms. The molecule has 6 heteroatoms. The molecule has 5 nitrogen and oxygen atoms in total. The number of aliphatic hydroxyl groups excluding tert-OH is 1. The fourth-order valence-corrected chi connectivity index (χ4v) is 2.89. The van der Waals surface area contributed by atoms with Gasteiger partial charge in [0.2, 0.25) is 0 Å². The van der Waals surface area contributed by atoms with Crippen LogP contribution >= 0.6 is 0 Å². The number of urea groups is 1. The fraction of sp³-hybridized carbons (Fsp3) is 0.588. The number of carbonyl (C=O) groups is 1. The minimum absolute atomic E-state index is 0.121. The highest BCUT2D eigenvalue weighted by atomic mass is 19.1. The molecule has 0 aromatic heterocycles. The van der Waals surface area contributed by atoms with Crippen molar-refractivity contribution in [2.75, 3.05) is 33.8 Å². The lowest BCUT2D eigenvalue weighted by molar-refractivity contribution is 0.129. The number of likely N-dealkylation sites (tertiary alicyclic amines) is 1. The average Bonchev–Trinajstić information content (AvgIpc) is 2.54. The Bertz CT molecular complexity index is 537. The summed E-state index contributed by atoms with van der Waals surface area (Å²) in [6, 6.07) is 4.81. The lowest BCUT2D eigenvalue weighted by Crippen LogP contribution is -2.45. The van der Waals surface area contributed by atoms with Crippen molar-refractivity contribution >= 4 is 6.03 Å². The van der Waals surface area contributed by atoms with Crippen molar-refractivity contribution in [1.82, 2.24) is 15.1 Å². The van der Waals surface area contributed by atoms with Crippen molar-refractivity contribution in [3.8, 4) is 0 Å². The highest BCUT2D eigenvalue weighted by molar-refractivity contribution is 5.74. The first-order chi connectivity index (χ1) is 11.0. The summed E-state index contributed by atoms with van der Waals surface area (Å²) in [5.41, 5.74) is 1.51. The molecule has 1 aromatic rings. The highest BCUT2D eigenvalue weighted by Gasteiger charge is 2.22. The number of nitrogens with zero attached hydrogens (tertiary/aromatic N) is 2. The van der Waals surface area contributed by atoms with E-state index < -0.39 is 0 Å². The molecule has 0 spiro atoms. The molecule has 0 saturated carbocycles. The van der Waals surface area contributed by atoms with Crippen molar-refractivity contribution in [2.24, 2.45) is 5.92 Å². The van der Waals surface area contributed by atoms with Crippen LogP contribution in [0.5, 0.6) is 0 Å². The van der Waals surface area contributed by atoms with E-state index in [0.717, 1.165) is 24.9 Å². The van der Waals surface area contributed by atoms with Crippen molar-refractivity contribution in [2.45, 2.75) is 25.9 Å². The van der Waals surface area contributed by atoms with Crippen LogP contribution < -0.4 is 5.32 Å². The number of amides is 2. The molecule has 1 aliphatic rings. The number of rotatable bonds is 5. The number of carbonyl (C=O) groups excluding carboxylic acids is 1. The Morgan fingerprint density at radius 3 is 2.96 bits per heavy atom. The Morgan fingerprint density at radius 1 is 1.48 bits per heavy atom. The highest BCUT2D eigenvalue weighted by Crippen LogP contribution is 2.16. The van der Waals surface area contributed by atoms with Gasteiger partial charge in [-0.3, -0.25) is 0 Å². The zero-order valence-electron chi connectivity index (χ0n) is 13.9. The van der Waals surface area contributed by atoms with Crippen LogP contribution in [0.1, 0.15) is 24.0 Å². The van der Waals surface area contributed by atoms with Gasteiger partial charge in [-0.05, 0) is 50.6 Å². The number of hydrogen-bond acceptors (Lipinski definition) is 3. The van der Waals surface area contributed by atoms with E-state index in [1.165, 1.54) is 6.07 Å². The van der Waals surface area contributed by atoms with Gasteiger partial charge in [-0.2, -0.15) is 0 Å². The van der Waals surface area contributed by atoms with Gasteiger partial charge < -0.3 is 20.2 Å². The molecule has 2 amide bonds. The van der Waals surface area contributed by atoms with Gasteiger partial charge in [0.1, 0.15) is 5.82 Å². The number of hydrogen-bond donors (Lipinski definition) is 2. The molecule has 1 aromatic carbocycles. The summed E-state index contributed by atoms with van der Waals surface area (Å²) in [4.78, 5) is 15.9. The van der Waals surface area contributed by atoms with Crippen molar-refractivity contribution in [3.63, 3.8) is 0 Å². The molecule has 1 saturated heterocycles. The third kappa shape index (κ3) is 5.18. The standard InChI is InChI=1S/C17H26FN3O2/c1-20(2)11-15-8-13(5-6-16(15)18)9-19-17(23)21-7-3-4-14(10-21)12-22/h5-6,8,14,22H,3-4,7,9-12H2,1-2H3,(H,19,23). The maximum Gasteiger partial charge on any atom is 0.317 e. The Kier molecular flexibility index (Phi) is 6.36. The van der Waals surface area contributed by atoms with Crippen LogP contribution in [0, 0.1) is 11.7 Å². The van der Waals surface area contributed by atoms with Gasteiger partial charge in [0.05, 0.1) is 0 Å². The second kappa shape index (κ2) is 8.26. The van der Waals surface area contributed by atoms with Gasteiger partial charge in [-0.25, -0.2) is 9.18 Å². The van der Waals surface area contributed by atoms with E-state index in [9.17, 15) is 14.3 Å². The van der Waals surface area contributed by atoms with Crippen LogP contribution in [0.4, 0.5) is 9.18 Å². The number of aliphatic hydroxyl groups is 1. The molecule has 1 atom stereocenters. The van der Waals surface area contributed by atoms with Gasteiger partial charge in [0.25, 0.3) is 0 Å². The van der Waals surface area contributed by atoms with Crippen molar-refractivity contribution in [3.05, 3.63) is 35.1 Å². The van der Waals surface area contributed by atoms with Crippen LogP contribution in [-0.2, 0) is 13.1 Å². The summed E-state index contributed by atoms with van der Waals surface area (Å²) in [5, 5.41) is 12.1. The van der Waals surface area contributed by atoms with Crippen molar-refractivity contribution < 1.29 is 14.3 Å². The second-order valence-electron chi connectivity index (χ2n) is 6.46. The van der Waals surface area contributed by atoms with E-state index in [0.29, 0.717) is 25.2 Å². The van der Waals surface area contributed by atoms with E-state index in [1.807, 2.05) is 19.0 Å². The van der Waals surface area contributed by atoms with Gasteiger partial charge in [-0.15, -0.1) is 0 Å². The SMILES string of the molecule is CN(C)Cc1cc(CNC(=O)N2CCCC(CO)C2)ccc1F. The molecule has 23 heavy (non-hydrogen) atoms. The first kappa shape index (κ1) is 17.7. The summed E-state index contributed by atoms with van der Waals surface area (Å²) in [5.74, 6) is -0.0531. The number of piperidine rings is 1. The molecule has 2 rings (SSSR count). The molecule has 1 heterocycles. The molecule has 128 valence electrons. The van der Waals surface area contributed by atoms with Crippen LogP contribution in [0.3, 0.4) is 0 Å². The Labute approximate surface area is 137 Å². The summed E-state index contributed by atoms with van der Waals surface area (Å²) < 4.78 is 13.8. The monoisotopic (exact) mass is 323 g/mol. The number of halogens is 1. The van der Waals surface area contributed by atoms with E-state index in [1.54, 1.807) is 17.0 Å². The van der Waals surface area contributed by atoms with Crippen LogP contribution in [0.25, 0.3) is 0 Å². The average molecular weight is 323 g/mol. The molecule has 1 fully saturated rings. The molecule has 2 N–H and O–H groups in total. The van der Waals surface area contributed by atoms with Gasteiger partial charge in [0.15, 0.2) is 0 Å². The van der Waals surface area contributed by atoms with E-state index in [2.05, 4.69) is 5.32 Å². The van der Waals surface area contributed by atoms with E-state index >= 15 is 0 Å². The lowest BCUT2D eigenvalue weighted by atomic mass is 9.99. The van der Waals surface area contributed by atoms with Gasteiger partial charge >= 0.3 is 6.03 Å². The summed E-state index contributed by atoms with van der Waals surface area (Å²) in [6.45, 7) is 2.34. The lowest BCUT2D eigenvalue weighted by Gasteiger charge is -2.31. The zero-order valence-corrected chi connectivity index (χ0v) is 13.9. The van der Waals surface area contributed by atoms with Crippen LogP contribution in [-0.4, -0.2) is 54.7 Å². The summed E-state index contributed by atoms with van der Waals surface area (Å²) in [6.07, 6.45) is 1.88. The molecule has 1 aliphatic heterocycles. The largest absolute Gasteiger partial charge is 0.396 e. The van der Waals surface area contributed by atoms with Crippen LogP contribution in [0.2, 0.25) is 0 Å². The molecular weight excluding hydrogens is 297 g/mol. The first-order valence-corrected chi connectivity index (χ1v) is 8.05. The molecule has 0 radical (unpaired) electrons. The minimum Gasteiger partial charge on any atom is -0.396 e. The second-order valence-corrected chi connectivity index (χ2v) is 6.46. The maximum absolute atomic E-state index is 13.8. The topological polar surface area (TPSA) is 55.8 Å². The quantitative estimate of drug-likeness (QED) is 0.869. The molecular formula is C17H26FN3O2. The third-order valence-corrected chi connectivity index (χ3v) is 4.10. The number of nitrogens with one attached hydrogen (secondary N) is 1. The molecule has 1 unspecified atom stereocenters. The minimum atomic E-state index is -0.226. The predicted octanol–water partition coefficient (Wildman–Crippen LogP) is 1.80. The normalized spacial score (nSPS) is 18.3. The summed E-state index contributed by atoms with van der Waals surface area (Å²) in [7, 11) is 3.78. The van der Waals surface area contributed by atoms with Gasteiger partial charge in [-0.1, -0.05) is 6.07 Å². The van der Waals surface area contributed by atoms with Crippen LogP contribution in [0.15, 0.2) is 18.2 Å². The van der Waals surface area contributed by atoms with Gasteiger partial charge in [0, 0.05) is 38.3 Å². The van der Waals surface area contributed by atoms with E-state index in [-0.39, 0.29) is 24.4 Å². The summed E-state index contributed by atoms with van der Waals surface area (Å²) >= 11 is 0. The predicted molar refractivity (Wildman–Crippen MR) is 87.4 cm³/mol. The Hall–Kier alpha value is -1.66. The number of benzene rings is 1. The first-order valence-electron chi connectivity index (χ1n) is 8.05. The zero-order chi connectivity index (χ0) is 16.8. The van der Waals surface area contributed by atoms with E-state index in [4.69, 9.17) is 0 Å². The Balaban J connectivity index is 1.91. The third-order valence-electron chi connectivity index (χ3n) is 4.10. The fourth-order valence-electron chi connectivity index (χ4n) is 2.89. The smallest absolute Gasteiger partial charge is 0.317 e. The van der Waals surface area contributed by atoms with Crippen molar-refractivity contribution in [1.29, 1.82) is 0 Å². The maximum atomic E-state index is 13.8.